The van der Waals surface area contributed by atoms with E-state index in [1.807, 2.05) is 6.07 Å². The lowest BCUT2D eigenvalue weighted by atomic mass is 9.98. The van der Waals surface area contributed by atoms with E-state index in [4.69, 9.17) is 0 Å². The third-order valence-corrected chi connectivity index (χ3v) is 3.63. The van der Waals surface area contributed by atoms with E-state index in [0.29, 0.717) is 6.04 Å². The van der Waals surface area contributed by atoms with E-state index in [1.54, 1.807) is 12.4 Å². The Morgan fingerprint density at radius 2 is 1.71 bits per heavy atom. The average Bonchev–Trinajstić information content (AvgIpc) is 2.55. The van der Waals surface area contributed by atoms with Gasteiger partial charge in [0.05, 0.1) is 11.0 Å². The number of hydrogen-bond donors (Lipinski definition) is 1. The molecule has 0 amide bonds. The minimum atomic E-state index is 0.295. The molecule has 1 unspecified atom stereocenters. The van der Waals surface area contributed by atoms with Crippen molar-refractivity contribution >= 4 is 11.0 Å². The van der Waals surface area contributed by atoms with Gasteiger partial charge in [0.15, 0.2) is 0 Å². The molecule has 106 valence electrons. The summed E-state index contributed by atoms with van der Waals surface area (Å²) < 4.78 is 0. The highest BCUT2D eigenvalue weighted by molar-refractivity contribution is 5.74. The molecular formula is C18H19N3. The largest absolute Gasteiger partial charge is 0.310 e. The first kappa shape index (κ1) is 13.7. The molecule has 1 heterocycles. The van der Waals surface area contributed by atoms with Gasteiger partial charge in [-0.25, -0.2) is 0 Å². The van der Waals surface area contributed by atoms with Gasteiger partial charge in [0.25, 0.3) is 0 Å². The number of aromatic nitrogens is 2. The third kappa shape index (κ3) is 3.26. The lowest BCUT2D eigenvalue weighted by molar-refractivity contribution is 0.550. The molecule has 3 nitrogen and oxygen atoms in total. The molecule has 3 heteroatoms. The van der Waals surface area contributed by atoms with Gasteiger partial charge in [-0.1, -0.05) is 43.3 Å². The number of likely N-dealkylation sites (N-methyl/N-ethyl adjacent to an activating group) is 1. The zero-order valence-electron chi connectivity index (χ0n) is 12.2. The van der Waals surface area contributed by atoms with E-state index in [2.05, 4.69) is 64.7 Å². The van der Waals surface area contributed by atoms with E-state index in [-0.39, 0.29) is 0 Å². The first-order valence-electron chi connectivity index (χ1n) is 7.35. The normalized spacial score (nSPS) is 12.4. The van der Waals surface area contributed by atoms with Crippen LogP contribution in [-0.2, 0) is 6.42 Å². The Morgan fingerprint density at radius 1 is 0.952 bits per heavy atom. The maximum atomic E-state index is 4.40. The molecule has 0 fully saturated rings. The Bertz CT molecular complexity index is 710. The fraction of sp³-hybridized carbons (Fsp3) is 0.222. The van der Waals surface area contributed by atoms with Crippen molar-refractivity contribution < 1.29 is 0 Å². The number of benzene rings is 2. The van der Waals surface area contributed by atoms with Crippen LogP contribution in [-0.4, -0.2) is 16.5 Å². The molecule has 0 radical (unpaired) electrons. The zero-order chi connectivity index (χ0) is 14.5. The molecule has 3 aromatic rings. The van der Waals surface area contributed by atoms with Crippen molar-refractivity contribution in [1.29, 1.82) is 0 Å². The van der Waals surface area contributed by atoms with Crippen LogP contribution in [0.5, 0.6) is 0 Å². The standard InChI is InChI=1S/C18H19N3/c1-2-19-17(12-14-6-4-3-5-7-14)15-8-9-16-18(13-15)21-11-10-20-16/h3-11,13,17,19H,2,12H2,1H3. The van der Waals surface area contributed by atoms with Crippen molar-refractivity contribution in [3.63, 3.8) is 0 Å². The average molecular weight is 277 g/mol. The first-order valence-corrected chi connectivity index (χ1v) is 7.35. The summed E-state index contributed by atoms with van der Waals surface area (Å²) in [4.78, 5) is 8.73. The smallest absolute Gasteiger partial charge is 0.0890 e. The number of fused-ring (bicyclic) bond motifs is 1. The molecule has 0 saturated heterocycles. The van der Waals surface area contributed by atoms with Crippen LogP contribution in [0.25, 0.3) is 11.0 Å². The summed E-state index contributed by atoms with van der Waals surface area (Å²) in [5, 5.41) is 3.56. The van der Waals surface area contributed by atoms with Gasteiger partial charge in [0, 0.05) is 18.4 Å². The van der Waals surface area contributed by atoms with Crippen molar-refractivity contribution in [1.82, 2.24) is 15.3 Å². The predicted molar refractivity (Wildman–Crippen MR) is 86.1 cm³/mol. The van der Waals surface area contributed by atoms with E-state index in [1.165, 1.54) is 11.1 Å². The number of hydrogen-bond acceptors (Lipinski definition) is 3. The minimum absolute atomic E-state index is 0.295. The quantitative estimate of drug-likeness (QED) is 0.775. The maximum Gasteiger partial charge on any atom is 0.0890 e. The Morgan fingerprint density at radius 3 is 2.48 bits per heavy atom. The van der Waals surface area contributed by atoms with E-state index < -0.39 is 0 Å². The highest BCUT2D eigenvalue weighted by Gasteiger charge is 2.12. The lowest BCUT2D eigenvalue weighted by Gasteiger charge is -2.19. The van der Waals surface area contributed by atoms with Crippen molar-refractivity contribution in [3.8, 4) is 0 Å². The summed E-state index contributed by atoms with van der Waals surface area (Å²) in [5.74, 6) is 0. The topological polar surface area (TPSA) is 37.8 Å². The fourth-order valence-corrected chi connectivity index (χ4v) is 2.60. The van der Waals surface area contributed by atoms with E-state index in [9.17, 15) is 0 Å². The summed E-state index contributed by atoms with van der Waals surface area (Å²) in [5.41, 5.74) is 4.48. The van der Waals surface area contributed by atoms with Crippen LogP contribution in [0.1, 0.15) is 24.1 Å². The second-order valence-electron chi connectivity index (χ2n) is 5.10. The van der Waals surface area contributed by atoms with Crippen molar-refractivity contribution in [2.24, 2.45) is 0 Å². The summed E-state index contributed by atoms with van der Waals surface area (Å²) in [6.45, 7) is 3.08. The van der Waals surface area contributed by atoms with Crippen molar-refractivity contribution in [2.45, 2.75) is 19.4 Å². The molecule has 21 heavy (non-hydrogen) atoms. The number of nitrogens with one attached hydrogen (secondary N) is 1. The highest BCUT2D eigenvalue weighted by Crippen LogP contribution is 2.21. The second kappa shape index (κ2) is 6.46. The zero-order valence-corrected chi connectivity index (χ0v) is 12.2. The Labute approximate surface area is 125 Å². The fourth-order valence-electron chi connectivity index (χ4n) is 2.60. The Balaban J connectivity index is 1.91. The van der Waals surface area contributed by atoms with Gasteiger partial charge in [0.2, 0.25) is 0 Å². The van der Waals surface area contributed by atoms with Gasteiger partial charge >= 0.3 is 0 Å². The molecule has 0 bridgehead atoms. The van der Waals surface area contributed by atoms with Gasteiger partial charge in [-0.05, 0) is 36.2 Å². The van der Waals surface area contributed by atoms with Gasteiger partial charge in [-0.15, -0.1) is 0 Å². The first-order chi connectivity index (χ1) is 10.4. The summed E-state index contributed by atoms with van der Waals surface area (Å²) >= 11 is 0. The molecule has 1 N–H and O–H groups in total. The van der Waals surface area contributed by atoms with E-state index >= 15 is 0 Å². The SMILES string of the molecule is CCNC(Cc1ccccc1)c1ccc2nccnc2c1. The van der Waals surface area contributed by atoms with Crippen molar-refractivity contribution in [2.75, 3.05) is 6.54 Å². The van der Waals surface area contributed by atoms with Crippen LogP contribution >= 0.6 is 0 Å². The van der Waals surface area contributed by atoms with Crippen LogP contribution in [0, 0.1) is 0 Å². The summed E-state index contributed by atoms with van der Waals surface area (Å²) in [6, 6.07) is 17.2. The molecule has 2 aromatic carbocycles. The van der Waals surface area contributed by atoms with Gasteiger partial charge in [0.1, 0.15) is 0 Å². The molecule has 1 aromatic heterocycles. The highest BCUT2D eigenvalue weighted by atomic mass is 14.9. The predicted octanol–water partition coefficient (Wildman–Crippen LogP) is 3.52. The van der Waals surface area contributed by atoms with Crippen LogP contribution in [0.3, 0.4) is 0 Å². The van der Waals surface area contributed by atoms with Crippen LogP contribution in [0.15, 0.2) is 60.9 Å². The van der Waals surface area contributed by atoms with Crippen LogP contribution in [0.4, 0.5) is 0 Å². The molecule has 0 aliphatic heterocycles. The summed E-state index contributed by atoms with van der Waals surface area (Å²) in [6.07, 6.45) is 4.44. The molecule has 1 atom stereocenters. The van der Waals surface area contributed by atoms with Gasteiger partial charge < -0.3 is 5.32 Å². The van der Waals surface area contributed by atoms with Crippen LogP contribution in [0.2, 0.25) is 0 Å². The third-order valence-electron chi connectivity index (χ3n) is 3.63. The molecule has 3 rings (SSSR count). The van der Waals surface area contributed by atoms with Gasteiger partial charge in [-0.2, -0.15) is 0 Å². The molecular weight excluding hydrogens is 258 g/mol. The molecule has 0 spiro atoms. The summed E-state index contributed by atoms with van der Waals surface area (Å²) in [7, 11) is 0. The van der Waals surface area contributed by atoms with E-state index in [0.717, 1.165) is 24.0 Å². The maximum absolute atomic E-state index is 4.40. The van der Waals surface area contributed by atoms with Gasteiger partial charge in [-0.3, -0.25) is 9.97 Å². The Hall–Kier alpha value is -2.26. The molecule has 0 aliphatic rings. The molecule has 0 aliphatic carbocycles. The van der Waals surface area contributed by atoms with Crippen LogP contribution < -0.4 is 5.32 Å². The lowest BCUT2D eigenvalue weighted by Crippen LogP contribution is -2.23. The molecule has 0 saturated carbocycles. The second-order valence-corrected chi connectivity index (χ2v) is 5.10. The monoisotopic (exact) mass is 277 g/mol. The Kier molecular flexibility index (Phi) is 4.22. The minimum Gasteiger partial charge on any atom is -0.310 e. The number of nitrogens with zero attached hydrogens (tertiary/aromatic N) is 2. The number of rotatable bonds is 5. The van der Waals surface area contributed by atoms with Crippen molar-refractivity contribution in [3.05, 3.63) is 72.1 Å².